The van der Waals surface area contributed by atoms with E-state index in [-0.39, 0.29) is 6.10 Å². The number of hydrogen-bond acceptors (Lipinski definition) is 3. The summed E-state index contributed by atoms with van der Waals surface area (Å²) in [7, 11) is 0. The molecule has 0 fully saturated rings. The number of thiophene rings is 1. The molecule has 0 radical (unpaired) electrons. The molecule has 0 spiro atoms. The zero-order chi connectivity index (χ0) is 8.43. The van der Waals surface area contributed by atoms with E-state index >= 15 is 0 Å². The highest BCUT2D eigenvalue weighted by Crippen LogP contribution is 2.31. The van der Waals surface area contributed by atoms with E-state index in [9.17, 15) is 0 Å². The van der Waals surface area contributed by atoms with Gasteiger partial charge in [-0.2, -0.15) is 0 Å². The predicted molar refractivity (Wildman–Crippen MR) is 50.4 cm³/mol. The van der Waals surface area contributed by atoms with Crippen LogP contribution in [0.25, 0.3) is 0 Å². The molecule has 4 heteroatoms. The van der Waals surface area contributed by atoms with E-state index < -0.39 is 0 Å². The molecule has 1 atom stereocenters. The van der Waals surface area contributed by atoms with E-state index in [0.717, 1.165) is 9.35 Å². The molecule has 0 aliphatic rings. The van der Waals surface area contributed by atoms with Gasteiger partial charge in [-0.25, -0.2) is 5.90 Å². The van der Waals surface area contributed by atoms with Gasteiger partial charge in [0.2, 0.25) is 0 Å². The van der Waals surface area contributed by atoms with E-state index in [2.05, 4.69) is 22.9 Å². The van der Waals surface area contributed by atoms with E-state index in [0.29, 0.717) is 0 Å². The first kappa shape index (κ1) is 9.19. The molecule has 1 aromatic heterocycles. The highest BCUT2D eigenvalue weighted by Gasteiger charge is 2.09. The lowest BCUT2D eigenvalue weighted by Gasteiger charge is -2.03. The molecule has 2 N–H and O–H groups in total. The Labute approximate surface area is 78.4 Å². The fourth-order valence-electron chi connectivity index (χ4n) is 0.749. The molecule has 0 aliphatic heterocycles. The van der Waals surface area contributed by atoms with Gasteiger partial charge in [-0.05, 0) is 35.8 Å². The lowest BCUT2D eigenvalue weighted by atomic mass is 10.3. The average Bonchev–Trinajstić information content (AvgIpc) is 2.31. The van der Waals surface area contributed by atoms with Crippen molar-refractivity contribution >= 4 is 27.3 Å². The number of rotatable bonds is 2. The molecule has 0 aliphatic carbocycles. The Morgan fingerprint density at radius 1 is 1.73 bits per heavy atom. The zero-order valence-corrected chi connectivity index (χ0v) is 8.83. The van der Waals surface area contributed by atoms with Crippen molar-refractivity contribution in [2.45, 2.75) is 20.0 Å². The smallest absolute Gasteiger partial charge is 0.110 e. The molecule has 62 valence electrons. The van der Waals surface area contributed by atoms with Gasteiger partial charge in [0, 0.05) is 14.2 Å². The Morgan fingerprint density at radius 3 is 2.73 bits per heavy atom. The highest BCUT2D eigenvalue weighted by atomic mass is 79.9. The van der Waals surface area contributed by atoms with Crippen LogP contribution >= 0.6 is 27.3 Å². The van der Waals surface area contributed by atoms with Crippen LogP contribution in [0.1, 0.15) is 22.8 Å². The van der Waals surface area contributed by atoms with Crippen molar-refractivity contribution in [2.75, 3.05) is 0 Å². The molecule has 0 bridgehead atoms. The minimum atomic E-state index is -0.00926. The number of nitrogens with two attached hydrogens (primary N) is 1. The Balaban J connectivity index is 2.88. The fourth-order valence-corrected chi connectivity index (χ4v) is 2.30. The summed E-state index contributed by atoms with van der Waals surface area (Å²) in [5.74, 6) is 5.05. The van der Waals surface area contributed by atoms with Crippen LogP contribution in [0.5, 0.6) is 0 Å². The summed E-state index contributed by atoms with van der Waals surface area (Å²) in [6.45, 7) is 3.99. The van der Waals surface area contributed by atoms with Crippen molar-refractivity contribution in [3.8, 4) is 0 Å². The third-order valence-electron chi connectivity index (χ3n) is 1.48. The normalized spacial score (nSPS) is 13.5. The average molecular weight is 236 g/mol. The predicted octanol–water partition coefficient (Wildman–Crippen LogP) is 2.77. The van der Waals surface area contributed by atoms with Crippen LogP contribution in [0, 0.1) is 6.92 Å². The van der Waals surface area contributed by atoms with Gasteiger partial charge in [0.1, 0.15) is 6.10 Å². The molecule has 1 rings (SSSR count). The maximum atomic E-state index is 5.05. The zero-order valence-electron chi connectivity index (χ0n) is 6.43. The van der Waals surface area contributed by atoms with Gasteiger partial charge in [-0.15, -0.1) is 11.3 Å². The maximum Gasteiger partial charge on any atom is 0.110 e. The highest BCUT2D eigenvalue weighted by molar-refractivity contribution is 9.10. The van der Waals surface area contributed by atoms with Gasteiger partial charge in [-0.3, -0.25) is 4.84 Å². The van der Waals surface area contributed by atoms with Crippen LogP contribution in [-0.4, -0.2) is 0 Å². The minimum Gasteiger partial charge on any atom is -0.296 e. The van der Waals surface area contributed by atoms with Crippen molar-refractivity contribution in [1.29, 1.82) is 0 Å². The van der Waals surface area contributed by atoms with Crippen LogP contribution in [0.2, 0.25) is 0 Å². The Hall–Kier alpha value is 0.100. The van der Waals surface area contributed by atoms with E-state index in [1.807, 2.05) is 13.0 Å². The van der Waals surface area contributed by atoms with Crippen molar-refractivity contribution in [1.82, 2.24) is 0 Å². The molecule has 0 saturated carbocycles. The second-order valence-corrected chi connectivity index (χ2v) is 4.47. The number of halogens is 1. The van der Waals surface area contributed by atoms with Crippen LogP contribution in [-0.2, 0) is 4.84 Å². The third-order valence-corrected chi connectivity index (χ3v) is 3.78. The summed E-state index contributed by atoms with van der Waals surface area (Å²) in [6.07, 6.45) is -0.00926. The molecule has 0 saturated heterocycles. The monoisotopic (exact) mass is 235 g/mol. The van der Waals surface area contributed by atoms with Crippen LogP contribution in [0.3, 0.4) is 0 Å². The summed E-state index contributed by atoms with van der Waals surface area (Å²) in [4.78, 5) is 7.10. The van der Waals surface area contributed by atoms with Crippen molar-refractivity contribution in [3.05, 3.63) is 20.3 Å². The maximum absolute atomic E-state index is 5.05. The minimum absolute atomic E-state index is 0.00926. The third kappa shape index (κ3) is 2.02. The molecular formula is C7H10BrNOS. The Morgan fingerprint density at radius 2 is 2.36 bits per heavy atom. The second-order valence-electron chi connectivity index (χ2n) is 2.33. The molecular weight excluding hydrogens is 226 g/mol. The summed E-state index contributed by atoms with van der Waals surface area (Å²) in [6, 6.07) is 2.04. The molecule has 0 amide bonds. The fraction of sp³-hybridized carbons (Fsp3) is 0.429. The van der Waals surface area contributed by atoms with Crippen LogP contribution in [0.15, 0.2) is 10.5 Å². The standard InChI is InChI=1S/C7H10BrNOS/c1-4(10-9)7-3-6(8)5(2)11-7/h3-4H,9H2,1-2H3. The van der Waals surface area contributed by atoms with Crippen LogP contribution < -0.4 is 5.90 Å². The number of aryl methyl sites for hydroxylation is 1. The summed E-state index contributed by atoms with van der Waals surface area (Å²) < 4.78 is 1.13. The molecule has 0 aromatic carbocycles. The molecule has 2 nitrogen and oxygen atoms in total. The van der Waals surface area contributed by atoms with Gasteiger partial charge in [0.05, 0.1) is 0 Å². The summed E-state index contributed by atoms with van der Waals surface area (Å²) in [5.41, 5.74) is 0. The summed E-state index contributed by atoms with van der Waals surface area (Å²) in [5, 5.41) is 0. The van der Waals surface area contributed by atoms with E-state index in [1.165, 1.54) is 4.88 Å². The topological polar surface area (TPSA) is 35.2 Å². The lowest BCUT2D eigenvalue weighted by Crippen LogP contribution is -2.03. The first-order valence-corrected chi connectivity index (χ1v) is 4.87. The molecule has 11 heavy (non-hydrogen) atoms. The Kier molecular flexibility index (Phi) is 3.06. The number of hydrogen-bond donors (Lipinski definition) is 1. The van der Waals surface area contributed by atoms with Gasteiger partial charge >= 0.3 is 0 Å². The first-order valence-electron chi connectivity index (χ1n) is 3.26. The summed E-state index contributed by atoms with van der Waals surface area (Å²) >= 11 is 5.12. The largest absolute Gasteiger partial charge is 0.296 e. The van der Waals surface area contributed by atoms with E-state index in [4.69, 9.17) is 10.7 Å². The van der Waals surface area contributed by atoms with Gasteiger partial charge in [-0.1, -0.05) is 0 Å². The first-order chi connectivity index (χ1) is 5.15. The SMILES string of the molecule is Cc1sc(C(C)ON)cc1Br. The van der Waals surface area contributed by atoms with Crippen molar-refractivity contribution in [2.24, 2.45) is 5.90 Å². The molecule has 1 aromatic rings. The second kappa shape index (κ2) is 3.67. The van der Waals surface area contributed by atoms with Gasteiger partial charge in [0.15, 0.2) is 0 Å². The Bertz CT molecular complexity index is 229. The molecule has 1 unspecified atom stereocenters. The van der Waals surface area contributed by atoms with Gasteiger partial charge in [0.25, 0.3) is 0 Å². The van der Waals surface area contributed by atoms with Crippen molar-refractivity contribution < 1.29 is 4.84 Å². The quantitative estimate of drug-likeness (QED) is 0.801. The van der Waals surface area contributed by atoms with Gasteiger partial charge < -0.3 is 0 Å². The van der Waals surface area contributed by atoms with E-state index in [1.54, 1.807) is 11.3 Å². The van der Waals surface area contributed by atoms with Crippen molar-refractivity contribution in [3.63, 3.8) is 0 Å². The lowest BCUT2D eigenvalue weighted by molar-refractivity contribution is 0.0689. The van der Waals surface area contributed by atoms with Crippen LogP contribution in [0.4, 0.5) is 0 Å². The molecule has 1 heterocycles.